The molecule has 0 fully saturated rings. The molecule has 0 saturated heterocycles. The minimum Gasteiger partial charge on any atom is -0.303 e. The summed E-state index contributed by atoms with van der Waals surface area (Å²) in [6.07, 6.45) is 4.85. The monoisotopic (exact) mass is 290 g/mol. The molecule has 0 aliphatic heterocycles. The summed E-state index contributed by atoms with van der Waals surface area (Å²) >= 11 is 0. The number of carbonyl (C=O) groups excluding carboxylic acids is 1. The normalized spacial score (nSPS) is 15.9. The van der Waals surface area contributed by atoms with Crippen molar-refractivity contribution in [2.75, 3.05) is 0 Å². The number of hydrogen-bond acceptors (Lipinski definition) is 1. The quantitative estimate of drug-likeness (QED) is 0.739. The van der Waals surface area contributed by atoms with Gasteiger partial charge in [-0.05, 0) is 46.6 Å². The van der Waals surface area contributed by atoms with Crippen LogP contribution in [0.15, 0.2) is 48.5 Å². The summed E-state index contributed by atoms with van der Waals surface area (Å²) in [5.74, 6) is 0. The minimum absolute atomic E-state index is 0.113. The Bertz CT molecular complexity index is 750. The molecule has 0 radical (unpaired) electrons. The maximum atomic E-state index is 10.8. The molecule has 1 aliphatic rings. The molecule has 1 heteroatoms. The Kier molecular flexibility index (Phi) is 3.74. The van der Waals surface area contributed by atoms with Crippen molar-refractivity contribution in [2.24, 2.45) is 0 Å². The van der Waals surface area contributed by atoms with Gasteiger partial charge in [-0.2, -0.15) is 0 Å². The van der Waals surface area contributed by atoms with Crippen LogP contribution < -0.4 is 0 Å². The number of fused-ring (bicyclic) bond motifs is 1. The first-order valence-electron chi connectivity index (χ1n) is 7.86. The van der Waals surface area contributed by atoms with E-state index in [1.165, 1.54) is 27.8 Å². The van der Waals surface area contributed by atoms with Gasteiger partial charge >= 0.3 is 0 Å². The van der Waals surface area contributed by atoms with Crippen molar-refractivity contribution in [3.05, 3.63) is 76.4 Å². The van der Waals surface area contributed by atoms with E-state index in [1.54, 1.807) is 0 Å². The van der Waals surface area contributed by atoms with E-state index < -0.39 is 0 Å². The summed E-state index contributed by atoms with van der Waals surface area (Å²) in [4.78, 5) is 10.8. The van der Waals surface area contributed by atoms with E-state index in [4.69, 9.17) is 0 Å². The van der Waals surface area contributed by atoms with Crippen LogP contribution in [0.25, 0.3) is 5.57 Å². The van der Waals surface area contributed by atoms with Gasteiger partial charge in [-0.25, -0.2) is 0 Å². The third-order valence-electron chi connectivity index (χ3n) is 4.57. The number of carbonyl (C=O) groups is 1. The summed E-state index contributed by atoms with van der Waals surface area (Å²) in [6, 6.07) is 15.2. The van der Waals surface area contributed by atoms with Gasteiger partial charge in [0.25, 0.3) is 0 Å². The van der Waals surface area contributed by atoms with Gasteiger partial charge in [0.05, 0.1) is 0 Å². The zero-order chi connectivity index (χ0) is 15.7. The molecule has 0 amide bonds. The highest BCUT2D eigenvalue weighted by molar-refractivity contribution is 5.84. The van der Waals surface area contributed by atoms with Crippen LogP contribution in [0.5, 0.6) is 0 Å². The second-order valence-electron chi connectivity index (χ2n) is 6.83. The first-order valence-corrected chi connectivity index (χ1v) is 7.86. The molecule has 2 aromatic rings. The highest BCUT2D eigenvalue weighted by atomic mass is 16.1. The van der Waals surface area contributed by atoms with E-state index in [0.29, 0.717) is 6.42 Å². The van der Waals surface area contributed by atoms with E-state index >= 15 is 0 Å². The molecule has 0 heterocycles. The molecule has 0 atom stereocenters. The van der Waals surface area contributed by atoms with Crippen LogP contribution >= 0.6 is 0 Å². The predicted octanol–water partition coefficient (Wildman–Crippen LogP) is 4.85. The van der Waals surface area contributed by atoms with Crippen LogP contribution in [0, 0.1) is 6.92 Å². The highest BCUT2D eigenvalue weighted by Gasteiger charge is 2.28. The topological polar surface area (TPSA) is 17.1 Å². The average molecular weight is 290 g/mol. The first kappa shape index (κ1) is 14.8. The molecule has 2 aromatic carbocycles. The molecule has 112 valence electrons. The summed E-state index contributed by atoms with van der Waals surface area (Å²) in [6.45, 7) is 6.69. The average Bonchev–Trinajstić information content (AvgIpc) is 2.48. The molecule has 1 aliphatic carbocycles. The van der Waals surface area contributed by atoms with Gasteiger partial charge in [-0.3, -0.25) is 0 Å². The molecule has 22 heavy (non-hydrogen) atoms. The Morgan fingerprint density at radius 3 is 2.68 bits per heavy atom. The lowest BCUT2D eigenvalue weighted by Gasteiger charge is -2.33. The molecule has 3 rings (SSSR count). The molecule has 0 unspecified atom stereocenters. The van der Waals surface area contributed by atoms with E-state index in [2.05, 4.69) is 69.3 Å². The lowest BCUT2D eigenvalue weighted by Crippen LogP contribution is -2.22. The van der Waals surface area contributed by atoms with Gasteiger partial charge in [-0.15, -0.1) is 0 Å². The SMILES string of the molecule is Cc1cccc(C2=CCC(C)(C)c3cc(CC=O)ccc32)c1. The zero-order valence-electron chi connectivity index (χ0n) is 13.5. The van der Waals surface area contributed by atoms with E-state index in [-0.39, 0.29) is 5.41 Å². The summed E-state index contributed by atoms with van der Waals surface area (Å²) < 4.78 is 0. The van der Waals surface area contributed by atoms with Crippen molar-refractivity contribution in [2.45, 2.75) is 39.0 Å². The fourth-order valence-electron chi connectivity index (χ4n) is 3.27. The number of aldehydes is 1. The van der Waals surface area contributed by atoms with Crippen molar-refractivity contribution in [1.29, 1.82) is 0 Å². The molecule has 0 aromatic heterocycles. The fourth-order valence-corrected chi connectivity index (χ4v) is 3.27. The van der Waals surface area contributed by atoms with Crippen LogP contribution in [-0.4, -0.2) is 6.29 Å². The van der Waals surface area contributed by atoms with Gasteiger partial charge in [-0.1, -0.05) is 68.0 Å². The van der Waals surface area contributed by atoms with Gasteiger partial charge in [0.15, 0.2) is 0 Å². The van der Waals surface area contributed by atoms with Crippen LogP contribution in [0.4, 0.5) is 0 Å². The highest BCUT2D eigenvalue weighted by Crippen LogP contribution is 2.41. The fraction of sp³-hybridized carbons (Fsp3) is 0.286. The Morgan fingerprint density at radius 1 is 1.14 bits per heavy atom. The molecule has 1 nitrogen and oxygen atoms in total. The molecule has 0 N–H and O–H groups in total. The number of benzene rings is 2. The minimum atomic E-state index is 0.113. The summed E-state index contributed by atoms with van der Waals surface area (Å²) in [5, 5.41) is 0. The predicted molar refractivity (Wildman–Crippen MR) is 92.1 cm³/mol. The summed E-state index contributed by atoms with van der Waals surface area (Å²) in [5.41, 5.74) is 7.74. The number of hydrogen-bond donors (Lipinski definition) is 0. The Balaban J connectivity index is 2.14. The zero-order valence-corrected chi connectivity index (χ0v) is 13.5. The van der Waals surface area contributed by atoms with Crippen LogP contribution in [0.2, 0.25) is 0 Å². The maximum Gasteiger partial charge on any atom is 0.124 e. The van der Waals surface area contributed by atoms with Crippen molar-refractivity contribution in [1.82, 2.24) is 0 Å². The van der Waals surface area contributed by atoms with E-state index in [0.717, 1.165) is 18.3 Å². The van der Waals surface area contributed by atoms with Crippen LogP contribution in [0.3, 0.4) is 0 Å². The van der Waals surface area contributed by atoms with Gasteiger partial charge in [0.1, 0.15) is 6.29 Å². The number of aryl methyl sites for hydroxylation is 1. The standard InChI is InChI=1S/C21H22O/c1-15-5-4-6-17(13-15)18-9-11-21(2,3)20-14-16(10-12-22)7-8-19(18)20/h4-9,12-14H,10-11H2,1-3H3. The van der Waals surface area contributed by atoms with Gasteiger partial charge < -0.3 is 4.79 Å². The maximum absolute atomic E-state index is 10.8. The number of allylic oxidation sites excluding steroid dienone is 1. The molecular weight excluding hydrogens is 268 g/mol. The Hall–Kier alpha value is -2.15. The summed E-state index contributed by atoms with van der Waals surface area (Å²) in [7, 11) is 0. The molecule has 0 bridgehead atoms. The van der Waals surface area contributed by atoms with Crippen molar-refractivity contribution in [3.63, 3.8) is 0 Å². The van der Waals surface area contributed by atoms with Crippen molar-refractivity contribution in [3.8, 4) is 0 Å². The first-order chi connectivity index (χ1) is 10.5. The third kappa shape index (κ3) is 2.64. The lowest BCUT2D eigenvalue weighted by atomic mass is 9.71. The van der Waals surface area contributed by atoms with Crippen molar-refractivity contribution >= 4 is 11.9 Å². The smallest absolute Gasteiger partial charge is 0.124 e. The van der Waals surface area contributed by atoms with E-state index in [9.17, 15) is 4.79 Å². The Labute approximate surface area is 132 Å². The lowest BCUT2D eigenvalue weighted by molar-refractivity contribution is -0.107. The second-order valence-corrected chi connectivity index (χ2v) is 6.83. The van der Waals surface area contributed by atoms with Gasteiger partial charge in [0, 0.05) is 6.42 Å². The Morgan fingerprint density at radius 2 is 1.95 bits per heavy atom. The second kappa shape index (κ2) is 5.57. The van der Waals surface area contributed by atoms with Crippen LogP contribution in [-0.2, 0) is 16.6 Å². The van der Waals surface area contributed by atoms with Crippen molar-refractivity contribution < 1.29 is 4.79 Å². The van der Waals surface area contributed by atoms with E-state index in [1.807, 2.05) is 0 Å². The number of rotatable bonds is 3. The molecule has 0 spiro atoms. The molecular formula is C21H22O. The van der Waals surface area contributed by atoms with Crippen LogP contribution in [0.1, 0.15) is 48.1 Å². The molecule has 0 saturated carbocycles. The largest absolute Gasteiger partial charge is 0.303 e. The van der Waals surface area contributed by atoms with Gasteiger partial charge in [0.2, 0.25) is 0 Å². The third-order valence-corrected chi connectivity index (χ3v) is 4.57.